The molecule has 1 heterocycles. The maximum absolute atomic E-state index is 13.5. The molecule has 2 amide bonds. The van der Waals surface area contributed by atoms with Crippen LogP contribution in [0.2, 0.25) is 0 Å². The van der Waals surface area contributed by atoms with Gasteiger partial charge in [0.05, 0.1) is 6.54 Å². The molecular formula is C26H28BrFN2O2S. The molecule has 0 atom stereocenters. The van der Waals surface area contributed by atoms with Crippen molar-refractivity contribution >= 4 is 39.1 Å². The van der Waals surface area contributed by atoms with Gasteiger partial charge in [-0.15, -0.1) is 11.3 Å². The fourth-order valence-corrected chi connectivity index (χ4v) is 4.83. The first kappa shape index (κ1) is 25.1. The summed E-state index contributed by atoms with van der Waals surface area (Å²) in [5.74, 6) is -0.422. The highest BCUT2D eigenvalue weighted by Crippen LogP contribution is 2.20. The Labute approximate surface area is 207 Å². The minimum atomic E-state index is -0.312. The van der Waals surface area contributed by atoms with Crippen molar-refractivity contribution < 1.29 is 14.0 Å². The number of hydrogen-bond acceptors (Lipinski definition) is 3. The van der Waals surface area contributed by atoms with Gasteiger partial charge < -0.3 is 9.80 Å². The van der Waals surface area contributed by atoms with Gasteiger partial charge in [0.1, 0.15) is 12.4 Å². The maximum Gasteiger partial charge on any atom is 0.254 e. The molecule has 3 aromatic rings. The van der Waals surface area contributed by atoms with E-state index in [9.17, 15) is 14.0 Å². The number of hydrogen-bond donors (Lipinski definition) is 0. The first-order chi connectivity index (χ1) is 15.7. The topological polar surface area (TPSA) is 40.6 Å². The molecule has 0 bridgehead atoms. The average Bonchev–Trinajstić information content (AvgIpc) is 3.18. The molecule has 0 unspecified atom stereocenters. The third kappa shape index (κ3) is 7.51. The first-order valence-corrected chi connectivity index (χ1v) is 12.4. The molecule has 0 aliphatic rings. The molecule has 0 fully saturated rings. The standard InChI is InChI=1S/C26H28BrFN2O2S/c1-18(2)14-30(26(32)21-5-4-6-22(27)13-21)17-25(31)29(16-24-12-7-19(3)33-24)15-20-8-10-23(28)11-9-20/h4-13,18H,14-17H2,1-3H3. The summed E-state index contributed by atoms with van der Waals surface area (Å²) in [6.45, 7) is 7.31. The molecule has 4 nitrogen and oxygen atoms in total. The second-order valence-electron chi connectivity index (χ2n) is 8.48. The number of thiophene rings is 1. The van der Waals surface area contributed by atoms with E-state index >= 15 is 0 Å². The lowest BCUT2D eigenvalue weighted by molar-refractivity contribution is -0.133. The molecule has 3 rings (SSSR count). The van der Waals surface area contributed by atoms with E-state index in [1.807, 2.05) is 45.0 Å². The van der Waals surface area contributed by atoms with Crippen LogP contribution in [0.4, 0.5) is 4.39 Å². The minimum Gasteiger partial charge on any atom is -0.332 e. The van der Waals surface area contributed by atoms with Gasteiger partial charge in [-0.2, -0.15) is 0 Å². The highest BCUT2D eigenvalue weighted by atomic mass is 79.9. The Hall–Kier alpha value is -2.51. The molecule has 0 radical (unpaired) electrons. The van der Waals surface area contributed by atoms with Crippen LogP contribution in [0.15, 0.2) is 65.1 Å². The van der Waals surface area contributed by atoms with Crippen LogP contribution >= 0.6 is 27.3 Å². The summed E-state index contributed by atoms with van der Waals surface area (Å²) >= 11 is 5.06. The summed E-state index contributed by atoms with van der Waals surface area (Å²) in [6.07, 6.45) is 0. The van der Waals surface area contributed by atoms with E-state index in [1.165, 1.54) is 17.0 Å². The summed E-state index contributed by atoms with van der Waals surface area (Å²) in [5, 5.41) is 0. The predicted octanol–water partition coefficient (Wildman–Crippen LogP) is 6.29. The van der Waals surface area contributed by atoms with Crippen LogP contribution in [-0.4, -0.2) is 34.7 Å². The number of benzene rings is 2. The lowest BCUT2D eigenvalue weighted by Gasteiger charge is -2.29. The summed E-state index contributed by atoms with van der Waals surface area (Å²) in [4.78, 5) is 32.3. The SMILES string of the molecule is Cc1ccc(CN(Cc2ccc(F)cc2)C(=O)CN(CC(C)C)C(=O)c2cccc(Br)c2)s1. The van der Waals surface area contributed by atoms with Gasteiger partial charge in [0.15, 0.2) is 0 Å². The monoisotopic (exact) mass is 530 g/mol. The molecule has 0 N–H and O–H groups in total. The van der Waals surface area contributed by atoms with Gasteiger partial charge in [0.25, 0.3) is 5.91 Å². The van der Waals surface area contributed by atoms with Gasteiger partial charge >= 0.3 is 0 Å². The fraction of sp³-hybridized carbons (Fsp3) is 0.308. The highest BCUT2D eigenvalue weighted by molar-refractivity contribution is 9.10. The molecule has 7 heteroatoms. The lowest BCUT2D eigenvalue weighted by atomic mass is 10.1. The van der Waals surface area contributed by atoms with Crippen LogP contribution in [0.5, 0.6) is 0 Å². The van der Waals surface area contributed by atoms with Crippen LogP contribution in [-0.2, 0) is 17.9 Å². The Morgan fingerprint density at radius 3 is 2.33 bits per heavy atom. The van der Waals surface area contributed by atoms with Crippen molar-refractivity contribution in [1.82, 2.24) is 9.80 Å². The number of rotatable bonds is 9. The molecular weight excluding hydrogens is 503 g/mol. The van der Waals surface area contributed by atoms with E-state index in [4.69, 9.17) is 0 Å². The third-order valence-corrected chi connectivity index (χ3v) is 6.53. The Morgan fingerprint density at radius 2 is 1.73 bits per heavy atom. The zero-order valence-corrected chi connectivity index (χ0v) is 21.5. The molecule has 1 aromatic heterocycles. The summed E-state index contributed by atoms with van der Waals surface area (Å²) in [6, 6.07) is 17.4. The largest absolute Gasteiger partial charge is 0.332 e. The lowest BCUT2D eigenvalue weighted by Crippen LogP contribution is -2.43. The Kier molecular flexibility index (Phi) is 8.80. The molecule has 0 aliphatic carbocycles. The first-order valence-electron chi connectivity index (χ1n) is 10.8. The van der Waals surface area contributed by atoms with Gasteiger partial charge in [0.2, 0.25) is 5.91 Å². The Balaban J connectivity index is 1.83. The van der Waals surface area contributed by atoms with Crippen molar-refractivity contribution in [2.45, 2.75) is 33.9 Å². The number of halogens is 2. The number of nitrogens with zero attached hydrogens (tertiary/aromatic N) is 2. The van der Waals surface area contributed by atoms with Crippen LogP contribution in [0, 0.1) is 18.7 Å². The van der Waals surface area contributed by atoms with Crippen LogP contribution in [0.1, 0.15) is 39.5 Å². The molecule has 33 heavy (non-hydrogen) atoms. The zero-order valence-electron chi connectivity index (χ0n) is 19.1. The normalized spacial score (nSPS) is 11.0. The van der Waals surface area contributed by atoms with E-state index in [1.54, 1.807) is 45.4 Å². The third-order valence-electron chi connectivity index (χ3n) is 5.05. The van der Waals surface area contributed by atoms with E-state index in [2.05, 4.69) is 15.9 Å². The molecule has 0 spiro atoms. The van der Waals surface area contributed by atoms with Crippen molar-refractivity contribution in [3.8, 4) is 0 Å². The van der Waals surface area contributed by atoms with Gasteiger partial charge in [0, 0.05) is 32.9 Å². The molecule has 0 aliphatic heterocycles. The second kappa shape index (κ2) is 11.6. The Morgan fingerprint density at radius 1 is 1.00 bits per heavy atom. The predicted molar refractivity (Wildman–Crippen MR) is 135 cm³/mol. The minimum absolute atomic E-state index is 0.0188. The smallest absolute Gasteiger partial charge is 0.254 e. The number of aryl methyl sites for hydroxylation is 1. The van der Waals surface area contributed by atoms with Crippen molar-refractivity contribution in [3.63, 3.8) is 0 Å². The average molecular weight is 531 g/mol. The summed E-state index contributed by atoms with van der Waals surface area (Å²) in [5.41, 5.74) is 1.38. The molecule has 0 saturated heterocycles. The fourth-order valence-electron chi connectivity index (χ4n) is 3.53. The van der Waals surface area contributed by atoms with Gasteiger partial charge in [-0.05, 0) is 60.9 Å². The van der Waals surface area contributed by atoms with Crippen LogP contribution < -0.4 is 0 Å². The summed E-state index contributed by atoms with van der Waals surface area (Å²) in [7, 11) is 0. The number of carbonyl (C=O) groups is 2. The Bertz CT molecular complexity index is 1100. The van der Waals surface area contributed by atoms with Crippen molar-refractivity contribution in [2.24, 2.45) is 5.92 Å². The number of carbonyl (C=O) groups excluding carboxylic acids is 2. The van der Waals surface area contributed by atoms with E-state index in [-0.39, 0.29) is 30.1 Å². The molecule has 0 saturated carbocycles. The molecule has 174 valence electrons. The van der Waals surface area contributed by atoms with Crippen LogP contribution in [0.3, 0.4) is 0 Å². The van der Waals surface area contributed by atoms with E-state index in [0.717, 1.165) is 14.9 Å². The highest BCUT2D eigenvalue weighted by Gasteiger charge is 2.24. The van der Waals surface area contributed by atoms with Crippen molar-refractivity contribution in [1.29, 1.82) is 0 Å². The van der Waals surface area contributed by atoms with Gasteiger partial charge in [-0.1, -0.05) is 48.0 Å². The molecule has 2 aromatic carbocycles. The van der Waals surface area contributed by atoms with Crippen molar-refractivity contribution in [3.05, 3.63) is 91.8 Å². The van der Waals surface area contributed by atoms with Gasteiger partial charge in [-0.3, -0.25) is 9.59 Å². The zero-order chi connectivity index (χ0) is 24.0. The maximum atomic E-state index is 13.5. The van der Waals surface area contributed by atoms with E-state index in [0.29, 0.717) is 25.2 Å². The van der Waals surface area contributed by atoms with Crippen LogP contribution in [0.25, 0.3) is 0 Å². The van der Waals surface area contributed by atoms with E-state index < -0.39 is 0 Å². The number of amides is 2. The quantitative estimate of drug-likeness (QED) is 0.326. The second-order valence-corrected chi connectivity index (χ2v) is 10.8. The summed E-state index contributed by atoms with van der Waals surface area (Å²) < 4.78 is 14.2. The van der Waals surface area contributed by atoms with Crippen molar-refractivity contribution in [2.75, 3.05) is 13.1 Å². The van der Waals surface area contributed by atoms with Gasteiger partial charge in [-0.25, -0.2) is 4.39 Å².